The van der Waals surface area contributed by atoms with Gasteiger partial charge in [-0.05, 0) is 12.1 Å². The fourth-order valence-electron chi connectivity index (χ4n) is 1.20. The van der Waals surface area contributed by atoms with Crippen molar-refractivity contribution in [2.75, 3.05) is 6.54 Å². The van der Waals surface area contributed by atoms with Crippen LogP contribution in [-0.4, -0.2) is 23.7 Å². The van der Waals surface area contributed by atoms with Crippen LogP contribution in [0, 0.1) is 11.3 Å². The fraction of sp³-hybridized carbons (Fsp3) is 0.125. The lowest BCUT2D eigenvalue weighted by molar-refractivity contribution is 0.586. The average Bonchev–Trinajstić information content (AvgIpc) is 2.73. The van der Waals surface area contributed by atoms with E-state index < -0.39 is 10.0 Å². The summed E-state index contributed by atoms with van der Waals surface area (Å²) in [6.07, 6.45) is 0. The second kappa shape index (κ2) is 4.13. The summed E-state index contributed by atoms with van der Waals surface area (Å²) in [6.45, 7) is -0.268. The van der Waals surface area contributed by atoms with Crippen molar-refractivity contribution < 1.29 is 8.42 Å². The molecule has 0 aliphatic rings. The maximum Gasteiger partial charge on any atom is 0.243 e. The highest BCUT2D eigenvalue weighted by molar-refractivity contribution is 7.89. The summed E-state index contributed by atoms with van der Waals surface area (Å²) in [5.41, 5.74) is 0.864. The van der Waals surface area contributed by atoms with E-state index in [9.17, 15) is 8.42 Å². The van der Waals surface area contributed by atoms with Crippen molar-refractivity contribution >= 4 is 32.8 Å². The Bertz CT molecular complexity index is 656. The van der Waals surface area contributed by atoms with Crippen molar-refractivity contribution in [1.82, 2.24) is 13.5 Å². The van der Waals surface area contributed by atoms with Gasteiger partial charge in [0.1, 0.15) is 15.9 Å². The zero-order valence-electron chi connectivity index (χ0n) is 7.91. The zero-order chi connectivity index (χ0) is 11.6. The second-order valence-electron chi connectivity index (χ2n) is 2.87. The topological polar surface area (TPSA) is 95.7 Å². The SMILES string of the molecule is N#CCNS(=O)(=O)c1cccc2nsnc12. The fourth-order valence-corrected chi connectivity index (χ4v) is 2.88. The van der Waals surface area contributed by atoms with E-state index in [1.807, 2.05) is 0 Å². The van der Waals surface area contributed by atoms with Crippen LogP contribution >= 0.6 is 11.7 Å². The number of nitrogens with one attached hydrogen (secondary N) is 1. The number of hydrogen-bond acceptors (Lipinski definition) is 6. The largest absolute Gasteiger partial charge is 0.243 e. The molecule has 0 fully saturated rings. The molecule has 0 saturated carbocycles. The number of nitrogens with zero attached hydrogens (tertiary/aromatic N) is 3. The van der Waals surface area contributed by atoms with Gasteiger partial charge in [-0.25, -0.2) is 8.42 Å². The van der Waals surface area contributed by atoms with Crippen molar-refractivity contribution in [2.24, 2.45) is 0 Å². The van der Waals surface area contributed by atoms with Crippen LogP contribution in [0.15, 0.2) is 23.1 Å². The molecule has 0 aliphatic heterocycles. The molecular formula is C8H6N4O2S2. The van der Waals surface area contributed by atoms with E-state index in [0.29, 0.717) is 11.0 Å². The molecule has 0 unspecified atom stereocenters. The Kier molecular flexibility index (Phi) is 2.82. The highest BCUT2D eigenvalue weighted by atomic mass is 32.2. The van der Waals surface area contributed by atoms with Crippen molar-refractivity contribution in [1.29, 1.82) is 5.26 Å². The van der Waals surface area contributed by atoms with Crippen LogP contribution < -0.4 is 4.72 Å². The van der Waals surface area contributed by atoms with Gasteiger partial charge in [-0.1, -0.05) is 6.07 Å². The summed E-state index contributed by atoms with van der Waals surface area (Å²) in [7, 11) is -3.69. The summed E-state index contributed by atoms with van der Waals surface area (Å²) in [4.78, 5) is 0.0500. The monoisotopic (exact) mass is 254 g/mol. The quantitative estimate of drug-likeness (QED) is 0.804. The molecule has 0 atom stereocenters. The highest BCUT2D eigenvalue weighted by Crippen LogP contribution is 2.20. The first-order chi connectivity index (χ1) is 7.65. The highest BCUT2D eigenvalue weighted by Gasteiger charge is 2.18. The van der Waals surface area contributed by atoms with Crippen LogP contribution in [0.5, 0.6) is 0 Å². The molecule has 6 nitrogen and oxygen atoms in total. The lowest BCUT2D eigenvalue weighted by atomic mass is 10.3. The summed E-state index contributed by atoms with van der Waals surface area (Å²) in [6, 6.07) is 6.42. The number of hydrogen-bond donors (Lipinski definition) is 1. The number of sulfonamides is 1. The Morgan fingerprint density at radius 2 is 2.25 bits per heavy atom. The molecule has 0 radical (unpaired) electrons. The van der Waals surface area contributed by atoms with Gasteiger partial charge >= 0.3 is 0 Å². The normalized spacial score (nSPS) is 11.4. The minimum absolute atomic E-state index is 0.0500. The van der Waals surface area contributed by atoms with E-state index in [2.05, 4.69) is 13.5 Å². The molecule has 8 heteroatoms. The van der Waals surface area contributed by atoms with Crippen LogP contribution in [-0.2, 0) is 10.0 Å². The average molecular weight is 254 g/mol. The third kappa shape index (κ3) is 1.88. The molecule has 2 aromatic rings. The first-order valence-corrected chi connectivity index (χ1v) is 6.44. The first kappa shape index (κ1) is 10.9. The van der Waals surface area contributed by atoms with Gasteiger partial charge in [-0.3, -0.25) is 0 Å². The molecule has 1 aromatic heterocycles. The Morgan fingerprint density at radius 1 is 1.44 bits per heavy atom. The van der Waals surface area contributed by atoms with E-state index >= 15 is 0 Å². The summed E-state index contributed by atoms with van der Waals surface area (Å²) < 4.78 is 33.6. The lowest BCUT2D eigenvalue weighted by Crippen LogP contribution is -2.24. The second-order valence-corrected chi connectivity index (χ2v) is 5.13. The maximum absolute atomic E-state index is 11.8. The minimum Gasteiger partial charge on any atom is -0.207 e. The third-order valence-electron chi connectivity index (χ3n) is 1.88. The van der Waals surface area contributed by atoms with Gasteiger partial charge in [0.25, 0.3) is 0 Å². The van der Waals surface area contributed by atoms with Gasteiger partial charge in [-0.2, -0.15) is 18.7 Å². The number of rotatable bonds is 3. The molecule has 0 amide bonds. The standard InChI is InChI=1S/C8H6N4O2S2/c9-4-5-10-16(13,14)7-3-1-2-6-8(7)12-15-11-6/h1-3,10H,5H2. The van der Waals surface area contributed by atoms with Crippen molar-refractivity contribution in [3.63, 3.8) is 0 Å². The van der Waals surface area contributed by atoms with E-state index in [-0.39, 0.29) is 11.4 Å². The van der Waals surface area contributed by atoms with Crippen LogP contribution in [0.3, 0.4) is 0 Å². The molecule has 2 rings (SSSR count). The maximum atomic E-state index is 11.8. The number of aromatic nitrogens is 2. The Hall–Kier alpha value is -1.56. The van der Waals surface area contributed by atoms with E-state index in [0.717, 1.165) is 11.7 Å². The Labute approximate surface area is 95.9 Å². The minimum atomic E-state index is -3.69. The molecule has 1 aromatic carbocycles. The van der Waals surface area contributed by atoms with Gasteiger partial charge < -0.3 is 0 Å². The molecular weight excluding hydrogens is 248 g/mol. The Morgan fingerprint density at radius 3 is 3.00 bits per heavy atom. The van der Waals surface area contributed by atoms with Crippen molar-refractivity contribution in [2.45, 2.75) is 4.90 Å². The van der Waals surface area contributed by atoms with Crippen LogP contribution in [0.1, 0.15) is 0 Å². The van der Waals surface area contributed by atoms with E-state index in [1.165, 1.54) is 6.07 Å². The van der Waals surface area contributed by atoms with Crippen molar-refractivity contribution in [3.05, 3.63) is 18.2 Å². The zero-order valence-corrected chi connectivity index (χ0v) is 9.55. The predicted molar refractivity (Wildman–Crippen MR) is 58.2 cm³/mol. The first-order valence-electron chi connectivity index (χ1n) is 4.23. The van der Waals surface area contributed by atoms with E-state index in [4.69, 9.17) is 5.26 Å². The molecule has 82 valence electrons. The molecule has 16 heavy (non-hydrogen) atoms. The molecule has 0 saturated heterocycles. The smallest absolute Gasteiger partial charge is 0.207 e. The molecule has 0 bridgehead atoms. The molecule has 0 spiro atoms. The predicted octanol–water partition coefficient (Wildman–Crippen LogP) is 0.493. The summed E-state index contributed by atoms with van der Waals surface area (Å²) in [5, 5.41) is 8.35. The van der Waals surface area contributed by atoms with Crippen molar-refractivity contribution in [3.8, 4) is 6.07 Å². The molecule has 1 heterocycles. The lowest BCUT2D eigenvalue weighted by Gasteiger charge is -2.02. The van der Waals surface area contributed by atoms with Gasteiger partial charge in [0, 0.05) is 0 Å². The van der Waals surface area contributed by atoms with E-state index in [1.54, 1.807) is 18.2 Å². The van der Waals surface area contributed by atoms with Gasteiger partial charge in [0.15, 0.2) is 0 Å². The number of fused-ring (bicyclic) bond motifs is 1. The van der Waals surface area contributed by atoms with Gasteiger partial charge in [0.05, 0.1) is 24.3 Å². The van der Waals surface area contributed by atoms with Gasteiger partial charge in [-0.15, -0.1) is 0 Å². The van der Waals surface area contributed by atoms with Crippen LogP contribution in [0.4, 0.5) is 0 Å². The summed E-state index contributed by atoms with van der Waals surface area (Å²) >= 11 is 0.950. The third-order valence-corrected chi connectivity index (χ3v) is 3.86. The number of benzene rings is 1. The van der Waals surface area contributed by atoms with Gasteiger partial charge in [0.2, 0.25) is 10.0 Å². The number of nitriles is 1. The Balaban J connectivity index is 2.55. The molecule has 0 aliphatic carbocycles. The van der Waals surface area contributed by atoms with Crippen LogP contribution in [0.25, 0.3) is 11.0 Å². The molecule has 1 N–H and O–H groups in total. The van der Waals surface area contributed by atoms with Crippen LogP contribution in [0.2, 0.25) is 0 Å². The summed E-state index contributed by atoms with van der Waals surface area (Å²) in [5.74, 6) is 0.